The zero-order valence-corrected chi connectivity index (χ0v) is 14.3. The number of carbonyl (C=O) groups excluding carboxylic acids is 2. The van der Waals surface area contributed by atoms with E-state index in [1.54, 1.807) is 12.1 Å². The standard InChI is InChI=1S/C15H11ClINO4/c1-22-15(21)8-2-4-12(11(16)6-8)18-14(20)10-7-9(17)3-5-13(10)19/h2-7,19H,1H3,(H,18,20). The summed E-state index contributed by atoms with van der Waals surface area (Å²) in [5.41, 5.74) is 0.750. The van der Waals surface area contributed by atoms with E-state index in [1.165, 1.54) is 31.4 Å². The number of benzene rings is 2. The van der Waals surface area contributed by atoms with Crippen LogP contribution < -0.4 is 5.32 Å². The van der Waals surface area contributed by atoms with Crippen molar-refractivity contribution in [3.05, 3.63) is 56.1 Å². The smallest absolute Gasteiger partial charge is 0.337 e. The van der Waals surface area contributed by atoms with Gasteiger partial charge in [0.2, 0.25) is 0 Å². The van der Waals surface area contributed by atoms with Gasteiger partial charge >= 0.3 is 5.97 Å². The highest BCUT2D eigenvalue weighted by molar-refractivity contribution is 14.1. The summed E-state index contributed by atoms with van der Waals surface area (Å²) in [5.74, 6) is -1.14. The second-order valence-electron chi connectivity index (χ2n) is 4.30. The molecule has 0 aliphatic rings. The lowest BCUT2D eigenvalue weighted by atomic mass is 10.1. The third-order valence-corrected chi connectivity index (χ3v) is 3.83. The van der Waals surface area contributed by atoms with Crippen LogP contribution in [0.15, 0.2) is 36.4 Å². The summed E-state index contributed by atoms with van der Waals surface area (Å²) < 4.78 is 5.40. The summed E-state index contributed by atoms with van der Waals surface area (Å²) in [6, 6.07) is 9.07. The van der Waals surface area contributed by atoms with Crippen LogP contribution in [0.5, 0.6) is 5.75 Å². The Balaban J connectivity index is 2.25. The number of rotatable bonds is 3. The second-order valence-corrected chi connectivity index (χ2v) is 5.95. The van der Waals surface area contributed by atoms with Crippen LogP contribution >= 0.6 is 34.2 Å². The third kappa shape index (κ3) is 3.69. The summed E-state index contributed by atoms with van der Waals surface area (Å²) in [6.45, 7) is 0. The van der Waals surface area contributed by atoms with E-state index in [2.05, 4.69) is 10.1 Å². The number of amides is 1. The first-order valence-corrected chi connectivity index (χ1v) is 7.55. The third-order valence-electron chi connectivity index (χ3n) is 2.84. The average molecular weight is 432 g/mol. The number of methoxy groups -OCH3 is 1. The molecule has 1 amide bonds. The van der Waals surface area contributed by atoms with Crippen LogP contribution in [-0.4, -0.2) is 24.1 Å². The fraction of sp³-hybridized carbons (Fsp3) is 0.0667. The van der Waals surface area contributed by atoms with Crippen molar-refractivity contribution in [1.82, 2.24) is 0 Å². The quantitative estimate of drug-likeness (QED) is 0.574. The number of hydrogen-bond donors (Lipinski definition) is 2. The Hall–Kier alpha value is -1.80. The van der Waals surface area contributed by atoms with E-state index in [1.807, 2.05) is 22.6 Å². The van der Waals surface area contributed by atoms with Gasteiger partial charge in [-0.15, -0.1) is 0 Å². The van der Waals surface area contributed by atoms with Gasteiger partial charge in [0.15, 0.2) is 0 Å². The van der Waals surface area contributed by atoms with E-state index < -0.39 is 11.9 Å². The van der Waals surface area contributed by atoms with Gasteiger partial charge in [0.05, 0.1) is 28.9 Å². The van der Waals surface area contributed by atoms with Crippen LogP contribution in [0.25, 0.3) is 0 Å². The topological polar surface area (TPSA) is 75.6 Å². The van der Waals surface area contributed by atoms with Crippen LogP contribution in [0.2, 0.25) is 5.02 Å². The van der Waals surface area contributed by atoms with Crippen LogP contribution in [0.4, 0.5) is 5.69 Å². The van der Waals surface area contributed by atoms with Gasteiger partial charge in [-0.25, -0.2) is 4.79 Å². The van der Waals surface area contributed by atoms with E-state index in [4.69, 9.17) is 11.6 Å². The van der Waals surface area contributed by atoms with Gasteiger partial charge in [0, 0.05) is 3.57 Å². The molecule has 2 rings (SSSR count). The van der Waals surface area contributed by atoms with Gasteiger partial charge in [0.1, 0.15) is 5.75 Å². The van der Waals surface area contributed by atoms with E-state index >= 15 is 0 Å². The molecule has 0 fully saturated rings. The molecule has 0 unspecified atom stereocenters. The minimum Gasteiger partial charge on any atom is -0.507 e. The SMILES string of the molecule is COC(=O)c1ccc(NC(=O)c2cc(I)ccc2O)c(Cl)c1. The zero-order chi connectivity index (χ0) is 16.3. The second kappa shape index (κ2) is 6.97. The van der Waals surface area contributed by atoms with Crippen molar-refractivity contribution in [3.8, 4) is 5.75 Å². The molecule has 0 saturated carbocycles. The Kier molecular flexibility index (Phi) is 5.25. The molecule has 2 N–H and O–H groups in total. The summed E-state index contributed by atoms with van der Waals surface area (Å²) in [6.07, 6.45) is 0. The number of phenols is 1. The minimum atomic E-state index is -0.518. The molecule has 0 aliphatic carbocycles. The monoisotopic (exact) mass is 431 g/mol. The maximum Gasteiger partial charge on any atom is 0.337 e. The number of halogens is 2. The van der Waals surface area contributed by atoms with Gasteiger partial charge in [-0.2, -0.15) is 0 Å². The number of hydrogen-bond acceptors (Lipinski definition) is 4. The molecule has 2 aromatic rings. The molecular weight excluding hydrogens is 421 g/mol. The summed E-state index contributed by atoms with van der Waals surface area (Å²) in [5, 5.41) is 12.5. The molecule has 0 heterocycles. The van der Waals surface area contributed by atoms with Crippen molar-refractivity contribution in [3.63, 3.8) is 0 Å². The first-order valence-electron chi connectivity index (χ1n) is 6.10. The largest absolute Gasteiger partial charge is 0.507 e. The highest BCUT2D eigenvalue weighted by Gasteiger charge is 2.15. The van der Waals surface area contributed by atoms with E-state index in [-0.39, 0.29) is 21.9 Å². The molecule has 114 valence electrons. The summed E-state index contributed by atoms with van der Waals surface area (Å²) in [7, 11) is 1.27. The maximum atomic E-state index is 12.2. The predicted octanol–water partition coefficient (Wildman–Crippen LogP) is 3.69. The molecule has 2 aromatic carbocycles. The zero-order valence-electron chi connectivity index (χ0n) is 11.4. The van der Waals surface area contributed by atoms with Crippen LogP contribution in [0.3, 0.4) is 0 Å². The number of phenolic OH excluding ortho intramolecular Hbond substituents is 1. The lowest BCUT2D eigenvalue weighted by molar-refractivity contribution is 0.0600. The first kappa shape index (κ1) is 16.6. The van der Waals surface area contributed by atoms with Gasteiger partial charge < -0.3 is 15.2 Å². The normalized spacial score (nSPS) is 10.1. The van der Waals surface area contributed by atoms with Crippen LogP contribution in [0.1, 0.15) is 20.7 Å². The summed E-state index contributed by atoms with van der Waals surface area (Å²) in [4.78, 5) is 23.6. The lowest BCUT2D eigenvalue weighted by Crippen LogP contribution is -2.13. The molecule has 7 heteroatoms. The number of carbonyl (C=O) groups is 2. The highest BCUT2D eigenvalue weighted by atomic mass is 127. The Morgan fingerprint density at radius 2 is 1.95 bits per heavy atom. The number of nitrogens with one attached hydrogen (secondary N) is 1. The van der Waals surface area contributed by atoms with Crippen molar-refractivity contribution in [1.29, 1.82) is 0 Å². The Labute approximate surface area is 145 Å². The number of anilines is 1. The Bertz CT molecular complexity index is 748. The van der Waals surface area contributed by atoms with Crippen molar-refractivity contribution < 1.29 is 19.4 Å². The van der Waals surface area contributed by atoms with Crippen LogP contribution in [0, 0.1) is 3.57 Å². The van der Waals surface area contributed by atoms with E-state index in [0.717, 1.165) is 3.57 Å². The van der Waals surface area contributed by atoms with Gasteiger partial charge in [-0.05, 0) is 59.0 Å². The van der Waals surface area contributed by atoms with E-state index in [0.29, 0.717) is 5.69 Å². The number of esters is 1. The lowest BCUT2D eigenvalue weighted by Gasteiger charge is -2.10. The van der Waals surface area contributed by atoms with E-state index in [9.17, 15) is 14.7 Å². The fourth-order valence-corrected chi connectivity index (χ4v) is 2.46. The minimum absolute atomic E-state index is 0.125. The van der Waals surface area contributed by atoms with Gasteiger partial charge in [-0.1, -0.05) is 11.6 Å². The van der Waals surface area contributed by atoms with Crippen molar-refractivity contribution in [2.45, 2.75) is 0 Å². The van der Waals surface area contributed by atoms with Crippen molar-refractivity contribution in [2.24, 2.45) is 0 Å². The predicted molar refractivity (Wildman–Crippen MR) is 91.6 cm³/mol. The molecule has 0 spiro atoms. The maximum absolute atomic E-state index is 12.2. The molecule has 0 atom stereocenters. The molecular formula is C15H11ClINO4. The molecule has 5 nitrogen and oxygen atoms in total. The Morgan fingerprint density at radius 1 is 1.23 bits per heavy atom. The molecule has 22 heavy (non-hydrogen) atoms. The molecule has 0 aliphatic heterocycles. The average Bonchev–Trinajstić information content (AvgIpc) is 2.50. The molecule has 0 radical (unpaired) electrons. The molecule has 0 aromatic heterocycles. The summed E-state index contributed by atoms with van der Waals surface area (Å²) >= 11 is 8.09. The highest BCUT2D eigenvalue weighted by Crippen LogP contribution is 2.26. The molecule has 0 saturated heterocycles. The van der Waals surface area contributed by atoms with Gasteiger partial charge in [0.25, 0.3) is 5.91 Å². The fourth-order valence-electron chi connectivity index (χ4n) is 1.74. The number of aromatic hydroxyl groups is 1. The van der Waals surface area contributed by atoms with Crippen LogP contribution in [-0.2, 0) is 4.74 Å². The van der Waals surface area contributed by atoms with Gasteiger partial charge in [-0.3, -0.25) is 4.79 Å². The molecule has 0 bridgehead atoms. The number of ether oxygens (including phenoxy) is 1. The Morgan fingerprint density at radius 3 is 2.59 bits per heavy atom. The van der Waals surface area contributed by atoms with Crippen molar-refractivity contribution >= 4 is 51.8 Å². The van der Waals surface area contributed by atoms with Crippen molar-refractivity contribution in [2.75, 3.05) is 12.4 Å². The first-order chi connectivity index (χ1) is 10.4.